The van der Waals surface area contributed by atoms with Gasteiger partial charge in [0.05, 0.1) is 11.5 Å². The lowest BCUT2D eigenvalue weighted by atomic mass is 9.49. The SMILES string of the molecule is O=C(NC(c1ccccc1)c1ccccc1)C12C[C@@H]3C[C@@H](CC(Br)(C3)C1)C2. The molecule has 27 heavy (non-hydrogen) atoms. The van der Waals surface area contributed by atoms with Gasteiger partial charge in [-0.3, -0.25) is 4.79 Å². The van der Waals surface area contributed by atoms with Gasteiger partial charge in [0.2, 0.25) is 5.91 Å². The minimum Gasteiger partial charge on any atom is -0.345 e. The molecule has 1 amide bonds. The zero-order valence-corrected chi connectivity index (χ0v) is 17.1. The molecular weight excluding hydrogens is 398 g/mol. The predicted octanol–water partition coefficient (Wildman–Crippen LogP) is 5.63. The average Bonchev–Trinajstić information content (AvgIpc) is 2.65. The summed E-state index contributed by atoms with van der Waals surface area (Å²) in [5.41, 5.74) is 2.11. The van der Waals surface area contributed by atoms with Crippen LogP contribution in [-0.4, -0.2) is 10.2 Å². The van der Waals surface area contributed by atoms with Gasteiger partial charge in [0.25, 0.3) is 0 Å². The van der Waals surface area contributed by atoms with Crippen molar-refractivity contribution in [2.45, 2.75) is 48.9 Å². The molecule has 4 fully saturated rings. The van der Waals surface area contributed by atoms with Gasteiger partial charge < -0.3 is 5.32 Å². The van der Waals surface area contributed by atoms with E-state index in [0.29, 0.717) is 11.8 Å². The Kier molecular flexibility index (Phi) is 4.19. The fourth-order valence-electron chi connectivity index (χ4n) is 6.35. The van der Waals surface area contributed by atoms with Crippen molar-refractivity contribution in [2.75, 3.05) is 0 Å². The highest BCUT2D eigenvalue weighted by atomic mass is 79.9. The third kappa shape index (κ3) is 3.14. The van der Waals surface area contributed by atoms with Gasteiger partial charge in [-0.2, -0.15) is 0 Å². The number of hydrogen-bond donors (Lipinski definition) is 1. The zero-order chi connectivity index (χ0) is 18.5. The van der Waals surface area contributed by atoms with E-state index >= 15 is 0 Å². The standard InChI is InChI=1S/C24H26BrNO/c25-24-14-17-11-18(15-24)13-23(12-17,16-24)22(27)26-21(19-7-3-1-4-8-19)20-9-5-2-6-10-20/h1-10,17-18,21H,11-16H2,(H,26,27)/t17-,18+,23?,24?. The fourth-order valence-corrected chi connectivity index (χ4v) is 7.80. The molecule has 4 bridgehead atoms. The van der Waals surface area contributed by atoms with E-state index in [1.807, 2.05) is 12.1 Å². The molecule has 3 heteroatoms. The molecule has 2 unspecified atom stereocenters. The molecule has 0 heterocycles. The van der Waals surface area contributed by atoms with E-state index in [2.05, 4.69) is 69.8 Å². The molecule has 0 radical (unpaired) electrons. The van der Waals surface area contributed by atoms with E-state index in [9.17, 15) is 4.79 Å². The molecule has 2 aromatic carbocycles. The van der Waals surface area contributed by atoms with E-state index in [1.54, 1.807) is 0 Å². The molecule has 140 valence electrons. The molecule has 2 nitrogen and oxygen atoms in total. The van der Waals surface area contributed by atoms with Crippen molar-refractivity contribution in [1.82, 2.24) is 5.32 Å². The highest BCUT2D eigenvalue weighted by Crippen LogP contribution is 2.64. The quantitative estimate of drug-likeness (QED) is 0.634. The second-order valence-electron chi connectivity index (χ2n) is 9.12. The van der Waals surface area contributed by atoms with Gasteiger partial charge in [0, 0.05) is 4.32 Å². The minimum absolute atomic E-state index is 0.0841. The molecule has 0 aliphatic heterocycles. The van der Waals surface area contributed by atoms with Crippen LogP contribution in [0, 0.1) is 17.3 Å². The van der Waals surface area contributed by atoms with Crippen molar-refractivity contribution >= 4 is 21.8 Å². The molecule has 2 aromatic rings. The van der Waals surface area contributed by atoms with Crippen LogP contribution in [0.15, 0.2) is 60.7 Å². The highest BCUT2D eigenvalue weighted by Gasteiger charge is 2.59. The molecule has 1 N–H and O–H groups in total. The van der Waals surface area contributed by atoms with E-state index in [-0.39, 0.29) is 21.7 Å². The number of benzene rings is 2. The van der Waals surface area contributed by atoms with Crippen LogP contribution in [0.1, 0.15) is 55.7 Å². The summed E-state index contributed by atoms with van der Waals surface area (Å²) in [5.74, 6) is 1.68. The van der Waals surface area contributed by atoms with Crippen LogP contribution in [0.3, 0.4) is 0 Å². The highest BCUT2D eigenvalue weighted by molar-refractivity contribution is 9.10. The topological polar surface area (TPSA) is 29.1 Å². The van der Waals surface area contributed by atoms with Crippen molar-refractivity contribution in [3.8, 4) is 0 Å². The Bertz CT molecular complexity index is 780. The van der Waals surface area contributed by atoms with Crippen molar-refractivity contribution in [3.05, 3.63) is 71.8 Å². The van der Waals surface area contributed by atoms with Crippen LogP contribution in [0.4, 0.5) is 0 Å². The lowest BCUT2D eigenvalue weighted by molar-refractivity contribution is -0.144. The van der Waals surface area contributed by atoms with Crippen LogP contribution in [0.5, 0.6) is 0 Å². The van der Waals surface area contributed by atoms with Gasteiger partial charge in [-0.1, -0.05) is 76.6 Å². The minimum atomic E-state index is -0.185. The Hall–Kier alpha value is -1.61. The summed E-state index contributed by atoms with van der Waals surface area (Å²) >= 11 is 4.04. The number of hydrogen-bond acceptors (Lipinski definition) is 1. The largest absolute Gasteiger partial charge is 0.345 e. The normalized spacial score (nSPS) is 34.0. The first kappa shape index (κ1) is 17.5. The molecule has 4 atom stereocenters. The van der Waals surface area contributed by atoms with Crippen molar-refractivity contribution in [2.24, 2.45) is 17.3 Å². The number of nitrogens with one attached hydrogen (secondary N) is 1. The summed E-state index contributed by atoms with van der Waals surface area (Å²) in [7, 11) is 0. The van der Waals surface area contributed by atoms with E-state index in [4.69, 9.17) is 0 Å². The molecule has 0 spiro atoms. The average molecular weight is 424 g/mol. The molecule has 4 aliphatic carbocycles. The molecule has 0 saturated heterocycles. The van der Waals surface area contributed by atoms with Crippen molar-refractivity contribution in [3.63, 3.8) is 0 Å². The van der Waals surface area contributed by atoms with Gasteiger partial charge in [-0.05, 0) is 61.5 Å². The Morgan fingerprint density at radius 1 is 0.889 bits per heavy atom. The zero-order valence-electron chi connectivity index (χ0n) is 15.5. The number of amides is 1. The van der Waals surface area contributed by atoms with Crippen LogP contribution < -0.4 is 5.32 Å². The Morgan fingerprint density at radius 3 is 1.89 bits per heavy atom. The van der Waals surface area contributed by atoms with Crippen molar-refractivity contribution < 1.29 is 4.79 Å². The summed E-state index contributed by atoms with van der Waals surface area (Å²) in [6.45, 7) is 0. The Balaban J connectivity index is 1.46. The summed E-state index contributed by atoms with van der Waals surface area (Å²) < 4.78 is 0.198. The number of carbonyl (C=O) groups is 1. The lowest BCUT2D eigenvalue weighted by Gasteiger charge is -2.59. The number of carbonyl (C=O) groups excluding carboxylic acids is 1. The summed E-state index contributed by atoms with van der Waals surface area (Å²) in [4.78, 5) is 13.7. The summed E-state index contributed by atoms with van der Waals surface area (Å²) in [6.07, 6.45) is 6.95. The maximum atomic E-state index is 13.7. The van der Waals surface area contributed by atoms with Crippen LogP contribution in [-0.2, 0) is 4.79 Å². The molecule has 4 saturated carbocycles. The van der Waals surface area contributed by atoms with E-state index in [1.165, 1.54) is 19.3 Å². The Labute approximate surface area is 169 Å². The van der Waals surface area contributed by atoms with Gasteiger partial charge >= 0.3 is 0 Å². The van der Waals surface area contributed by atoms with Gasteiger partial charge in [-0.15, -0.1) is 0 Å². The second kappa shape index (κ2) is 6.48. The first-order valence-corrected chi connectivity index (χ1v) is 10.9. The maximum Gasteiger partial charge on any atom is 0.227 e. The summed E-state index contributed by atoms with van der Waals surface area (Å²) in [6, 6.07) is 20.6. The molecule has 4 aliphatic rings. The Morgan fingerprint density at radius 2 is 1.41 bits per heavy atom. The molecular formula is C24H26BrNO. The van der Waals surface area contributed by atoms with Crippen LogP contribution >= 0.6 is 15.9 Å². The van der Waals surface area contributed by atoms with Gasteiger partial charge in [0.1, 0.15) is 0 Å². The van der Waals surface area contributed by atoms with Gasteiger partial charge in [0.15, 0.2) is 0 Å². The van der Waals surface area contributed by atoms with Gasteiger partial charge in [-0.25, -0.2) is 0 Å². The first-order valence-electron chi connectivity index (χ1n) is 10.2. The maximum absolute atomic E-state index is 13.7. The molecule has 0 aromatic heterocycles. The van der Waals surface area contributed by atoms with Crippen LogP contribution in [0.25, 0.3) is 0 Å². The number of alkyl halides is 1. The van der Waals surface area contributed by atoms with E-state index in [0.717, 1.165) is 30.4 Å². The summed E-state index contributed by atoms with van der Waals surface area (Å²) in [5, 5.41) is 3.46. The fraction of sp³-hybridized carbons (Fsp3) is 0.458. The van der Waals surface area contributed by atoms with E-state index < -0.39 is 0 Å². The monoisotopic (exact) mass is 423 g/mol. The second-order valence-corrected chi connectivity index (χ2v) is 10.8. The predicted molar refractivity (Wildman–Crippen MR) is 112 cm³/mol. The first-order chi connectivity index (χ1) is 13.1. The van der Waals surface area contributed by atoms with Crippen molar-refractivity contribution in [1.29, 1.82) is 0 Å². The number of rotatable bonds is 4. The number of halogens is 1. The smallest absolute Gasteiger partial charge is 0.227 e. The molecule has 6 rings (SSSR count). The third-order valence-corrected chi connectivity index (χ3v) is 7.94. The third-order valence-electron chi connectivity index (χ3n) is 7.01. The lowest BCUT2D eigenvalue weighted by Crippen LogP contribution is -2.58. The van der Waals surface area contributed by atoms with Crippen LogP contribution in [0.2, 0.25) is 0 Å².